The van der Waals surface area contributed by atoms with Gasteiger partial charge in [-0.1, -0.05) is 62.8 Å². The number of nitrogens with one attached hydrogen (secondary N) is 3. The molecule has 45 heteroatoms. The number of unbranched alkanes of at least 4 members (excludes halogenated alkanes) is 2. The van der Waals surface area contributed by atoms with Crippen LogP contribution in [0.4, 0.5) is 22.2 Å². The van der Waals surface area contributed by atoms with E-state index in [9.17, 15) is 53.4 Å². The first kappa shape index (κ1) is 115. The first-order valence-corrected chi connectivity index (χ1v) is 57.8. The van der Waals surface area contributed by atoms with E-state index in [-0.39, 0.29) is 152 Å². The molecule has 3 amide bonds. The SMILES string of the molecule is C.CC(C)(C)OC(=O)CCCCOC(=O)CCC(=O)Nc1ncnc2c1ncn2[C@H]1CC(O)[C@@H](CO)O1.CC(C)(C)OC(=O)NCCCOC(=O)CCC(=O)O.CC(C)[Si](C)(C)OC[C@H]1O[C@@H](n2cnc3c(N)ncnc32)CC1O[Si](C)(C)C(C)C.CC(C)[Si](C)(C)OC[C@H]1O[C@@H](n2cnc3c(NC(=O)CCC(=O)OCCCCC(=O)OC(C)(C)C)ncnc32)CC1O[Si](C)(C)C(C)C. The van der Waals surface area contributed by atoms with Gasteiger partial charge in [0, 0.05) is 51.5 Å². The van der Waals surface area contributed by atoms with Gasteiger partial charge >= 0.3 is 41.9 Å². The maximum Gasteiger partial charge on any atom is 0.407 e. The lowest BCUT2D eigenvalue weighted by atomic mass is 10.2. The molecule has 9 atom stereocenters. The Balaban J connectivity index is 0.000000330. The monoisotopic (exact) mass is 1960 g/mol. The van der Waals surface area contributed by atoms with Gasteiger partial charge in [0.05, 0.1) is 103 Å². The number of carbonyl (C=O) groups is 9. The topological polar surface area (TPSA) is 527 Å². The van der Waals surface area contributed by atoms with Crippen LogP contribution in [0.15, 0.2) is 38.0 Å². The van der Waals surface area contributed by atoms with Crippen molar-refractivity contribution in [2.45, 2.75) is 375 Å². The number of imidazole rings is 3. The molecule has 41 nitrogen and oxygen atoms in total. The van der Waals surface area contributed by atoms with Crippen molar-refractivity contribution in [2.24, 2.45) is 0 Å². The van der Waals surface area contributed by atoms with Crippen LogP contribution in [0.1, 0.15) is 247 Å². The fourth-order valence-corrected chi connectivity index (χ4v) is 17.1. The van der Waals surface area contributed by atoms with Crippen molar-refractivity contribution >= 4 is 138 Å². The Kier molecular flexibility index (Phi) is 45.3. The van der Waals surface area contributed by atoms with E-state index < -0.39 is 110 Å². The number of esters is 5. The molecule has 3 fully saturated rings. The zero-order valence-corrected chi connectivity index (χ0v) is 86.5. The molecule has 0 radical (unpaired) electrons. The number of ether oxygens (including phenoxy) is 9. The smallest absolute Gasteiger partial charge is 0.407 e. The molecule has 8 N–H and O–H groups in total. The summed E-state index contributed by atoms with van der Waals surface area (Å²) < 4.78 is 81.2. The molecule has 6 aromatic rings. The molecule has 0 aliphatic carbocycles. The lowest BCUT2D eigenvalue weighted by Gasteiger charge is -2.34. The first-order chi connectivity index (χ1) is 62.0. The molecular formula is C89H152N16O25Si4. The maximum absolute atomic E-state index is 12.8. The summed E-state index contributed by atoms with van der Waals surface area (Å²) in [7, 11) is -7.52. The Labute approximate surface area is 791 Å². The number of aliphatic hydroxyl groups is 2. The molecule has 3 aliphatic rings. The summed E-state index contributed by atoms with van der Waals surface area (Å²) in [5.74, 6) is -3.21. The minimum absolute atomic E-state index is 0. The Hall–Kier alpha value is -9.01. The molecule has 6 aromatic heterocycles. The van der Waals surface area contributed by atoms with E-state index in [1.807, 2.05) is 29.9 Å². The maximum atomic E-state index is 12.8. The number of aromatic nitrogens is 12. The molecule has 0 saturated carbocycles. The van der Waals surface area contributed by atoms with Crippen molar-refractivity contribution in [1.82, 2.24) is 63.9 Å². The molecular weight excluding hydrogens is 1810 g/mol. The van der Waals surface area contributed by atoms with Gasteiger partial charge in [-0.3, -0.25) is 52.1 Å². The standard InChI is InChI=1S/C33H57N5O8Si2.C23H33N5O8.C20H37N5O3Si2.C12H21NO6.CH4/c1-22(2)47(8,9)43-19-25-24(46-48(10,11)23(3)4)18-27(44-25)38-21-36-30-31(34-20-35-32(30)38)37-26(39)15-16-28(40)42-17-13-12-14-29(41)45-33(5,6)7;1-23(2,3)36-19(33)6-4-5-9-34-18(32)8-7-16(31)27-21-20-22(25-12-24-21)28(13-26-20)17-10-14(30)15(11-29)35-17;1-13(2)29(5,6)26-10-16-15(28-30(7,8)14(3)4)9-17(27-16)25-12-24-18-19(21)22-11-23-20(18)25;1-12(2,3)19-11(17)13-7-4-8-18-10(16)6-5-9(14)15;/h20-25,27H,12-19H2,1-11H3,(H,34,35,37,39);12-15,17,29-30H,4-11H2,1-3H3,(H,24,25,27,31);11-17H,9-10H2,1-8H3,(H2,21,22,23);4-8H2,1-3H3,(H,13,17)(H,14,15);1H4/t24?,25-,27-;14?,15-,17-;15?,16-,17-;;/m111../s1. The van der Waals surface area contributed by atoms with Crippen LogP contribution in [0.2, 0.25) is 74.5 Å². The molecule has 0 spiro atoms. The van der Waals surface area contributed by atoms with Crippen molar-refractivity contribution in [2.75, 3.05) is 62.6 Å². The normalized spacial score (nSPS) is 18.8. The zero-order chi connectivity index (χ0) is 99.3. The number of nitrogen functional groups attached to an aromatic ring is 1. The van der Waals surface area contributed by atoms with Gasteiger partial charge in [-0.25, -0.2) is 49.7 Å². The summed E-state index contributed by atoms with van der Waals surface area (Å²) in [5, 5.41) is 35.5. The summed E-state index contributed by atoms with van der Waals surface area (Å²) in [6.45, 7) is 53.3. The summed E-state index contributed by atoms with van der Waals surface area (Å²) in [4.78, 5) is 144. The largest absolute Gasteiger partial charge is 0.481 e. The fourth-order valence-electron chi connectivity index (χ4n) is 12.6. The lowest BCUT2D eigenvalue weighted by molar-refractivity contribution is -0.156. The van der Waals surface area contributed by atoms with Crippen LogP contribution in [0.3, 0.4) is 0 Å². The number of hydrogen-bond donors (Lipinski definition) is 7. The molecule has 3 saturated heterocycles. The quantitative estimate of drug-likeness (QED) is 0.00809. The number of rotatable bonds is 43. The number of alkyl carbamates (subject to hydrolysis) is 1. The third kappa shape index (κ3) is 38.5. The molecule has 9 heterocycles. The third-order valence-electron chi connectivity index (χ3n) is 22.8. The van der Waals surface area contributed by atoms with Crippen molar-refractivity contribution in [3.8, 4) is 0 Å². The summed E-state index contributed by atoms with van der Waals surface area (Å²) >= 11 is 0. The van der Waals surface area contributed by atoms with Gasteiger partial charge in [-0.2, -0.15) is 0 Å². The number of hydrogen-bond acceptors (Lipinski definition) is 34. The van der Waals surface area contributed by atoms with Gasteiger partial charge in [0.25, 0.3) is 0 Å². The lowest BCUT2D eigenvalue weighted by Crippen LogP contribution is -2.44. The Morgan fingerprint density at radius 3 is 1.16 bits per heavy atom. The van der Waals surface area contributed by atoms with Gasteiger partial charge in [0.2, 0.25) is 11.8 Å². The zero-order valence-electron chi connectivity index (χ0n) is 82.5. The number of aliphatic carboxylic acids is 1. The second-order valence-electron chi connectivity index (χ2n) is 39.5. The molecule has 134 heavy (non-hydrogen) atoms. The van der Waals surface area contributed by atoms with Gasteiger partial charge in [-0.15, -0.1) is 0 Å². The van der Waals surface area contributed by atoms with E-state index in [2.05, 4.69) is 169 Å². The van der Waals surface area contributed by atoms with Crippen LogP contribution in [0.25, 0.3) is 33.5 Å². The van der Waals surface area contributed by atoms with Crippen molar-refractivity contribution in [1.29, 1.82) is 0 Å². The number of aliphatic hydroxyl groups excluding tert-OH is 2. The predicted molar refractivity (Wildman–Crippen MR) is 511 cm³/mol. The number of carbonyl (C=O) groups excluding carboxylic acids is 8. The van der Waals surface area contributed by atoms with Crippen molar-refractivity contribution in [3.63, 3.8) is 0 Å². The van der Waals surface area contributed by atoms with Crippen LogP contribution in [0, 0.1) is 0 Å². The summed E-state index contributed by atoms with van der Waals surface area (Å²) in [5.41, 5.74) is 9.25. The predicted octanol–water partition coefficient (Wildman–Crippen LogP) is 14.0. The number of carboxylic acid groups (broad SMARTS) is 1. The number of nitrogens with zero attached hydrogens (tertiary/aromatic N) is 12. The van der Waals surface area contributed by atoms with E-state index in [1.165, 1.54) is 25.3 Å². The average Bonchev–Trinajstić information content (AvgIpc) is 1.64. The van der Waals surface area contributed by atoms with Crippen LogP contribution in [-0.2, 0) is 98.7 Å². The van der Waals surface area contributed by atoms with Crippen LogP contribution in [0.5, 0.6) is 0 Å². The van der Waals surface area contributed by atoms with Crippen LogP contribution in [-0.4, -0.2) is 260 Å². The highest BCUT2D eigenvalue weighted by molar-refractivity contribution is 6.73. The first-order valence-electron chi connectivity index (χ1n) is 45.8. The summed E-state index contributed by atoms with van der Waals surface area (Å²) in [6.07, 6.45) is 9.09. The Bertz CT molecular complexity index is 4760. The van der Waals surface area contributed by atoms with E-state index in [4.69, 9.17) is 71.2 Å². The van der Waals surface area contributed by atoms with Crippen LogP contribution < -0.4 is 21.7 Å². The molecule has 0 aromatic carbocycles. The minimum Gasteiger partial charge on any atom is -0.481 e. The highest BCUT2D eigenvalue weighted by atomic mass is 28.4. The Morgan fingerprint density at radius 2 is 0.799 bits per heavy atom. The minimum atomic E-state index is -1.99. The second kappa shape index (κ2) is 52.5. The highest BCUT2D eigenvalue weighted by Gasteiger charge is 2.46. The molecule has 754 valence electrons. The molecule has 3 aliphatic heterocycles. The van der Waals surface area contributed by atoms with Gasteiger partial charge in [-0.05, 0) is 169 Å². The second-order valence-corrected chi connectivity index (χ2v) is 58.0. The highest BCUT2D eigenvalue weighted by Crippen LogP contribution is 2.41. The Morgan fingerprint density at radius 1 is 0.448 bits per heavy atom. The van der Waals surface area contributed by atoms with Crippen LogP contribution >= 0.6 is 0 Å². The molecule has 9 rings (SSSR count). The van der Waals surface area contributed by atoms with E-state index in [0.717, 1.165) is 6.42 Å². The van der Waals surface area contributed by atoms with Crippen molar-refractivity contribution in [3.05, 3.63) is 38.0 Å². The van der Waals surface area contributed by atoms with Gasteiger partial charge in [0.1, 0.15) is 78.3 Å². The third-order valence-corrected chi connectivity index (χ3v) is 37.6. The van der Waals surface area contributed by atoms with E-state index >= 15 is 0 Å². The molecule has 3 unspecified atom stereocenters. The van der Waals surface area contributed by atoms with E-state index in [1.54, 1.807) is 58.8 Å². The molecule has 0 bridgehead atoms. The fraction of sp³-hybridized carbons (Fsp3) is 0.730. The number of anilines is 3. The van der Waals surface area contributed by atoms with Gasteiger partial charge in [0.15, 0.2) is 78.7 Å². The average molecular weight is 1960 g/mol. The number of nitrogens with two attached hydrogens (primary N) is 1. The summed E-state index contributed by atoms with van der Waals surface area (Å²) in [6, 6.07) is 0. The van der Waals surface area contributed by atoms with Crippen molar-refractivity contribution < 1.29 is 119 Å². The van der Waals surface area contributed by atoms with E-state index in [0.29, 0.717) is 120 Å². The van der Waals surface area contributed by atoms with Gasteiger partial charge < -0.3 is 97.3 Å². The number of amides is 3. The number of fused-ring (bicyclic) bond motifs is 3. The number of carboxylic acids is 1.